The van der Waals surface area contributed by atoms with Crippen LogP contribution in [0.15, 0.2) is 24.3 Å². The molecule has 0 aromatic heterocycles. The normalized spacial score (nSPS) is 25.4. The van der Waals surface area contributed by atoms with Gasteiger partial charge in [0.25, 0.3) is 0 Å². The minimum atomic E-state index is 0.578. The lowest BCUT2D eigenvalue weighted by atomic mass is 9.91. The van der Waals surface area contributed by atoms with Gasteiger partial charge in [0.05, 0.1) is 0 Å². The maximum Gasteiger partial charge on any atom is 0.0404 e. The molecule has 0 amide bonds. The molecule has 2 N–H and O–H groups in total. The van der Waals surface area contributed by atoms with E-state index < -0.39 is 0 Å². The van der Waals surface area contributed by atoms with Crippen LogP contribution in [0.25, 0.3) is 0 Å². The maximum atomic E-state index is 5.95. The van der Waals surface area contributed by atoms with Gasteiger partial charge in [0, 0.05) is 17.8 Å². The van der Waals surface area contributed by atoms with E-state index in [9.17, 15) is 0 Å². The molecule has 1 heterocycles. The van der Waals surface area contributed by atoms with E-state index in [4.69, 9.17) is 5.73 Å². The van der Waals surface area contributed by atoms with E-state index in [1.54, 1.807) is 0 Å². The van der Waals surface area contributed by atoms with Gasteiger partial charge in [0.1, 0.15) is 0 Å². The molecule has 2 unspecified atom stereocenters. The molecule has 2 aliphatic rings. The summed E-state index contributed by atoms with van der Waals surface area (Å²) in [5.74, 6) is 0.578. The number of nitrogens with two attached hydrogens (primary N) is 1. The first-order chi connectivity index (χ1) is 9.31. The second kappa shape index (κ2) is 5.54. The van der Waals surface area contributed by atoms with Gasteiger partial charge in [-0.15, -0.1) is 0 Å². The largest absolute Gasteiger partial charge is 0.365 e. The van der Waals surface area contributed by atoms with Crippen LogP contribution in [0.5, 0.6) is 0 Å². The molecule has 3 rings (SSSR count). The molecule has 0 saturated heterocycles. The Morgan fingerprint density at radius 2 is 1.95 bits per heavy atom. The van der Waals surface area contributed by atoms with Gasteiger partial charge < -0.3 is 10.6 Å². The predicted molar refractivity (Wildman–Crippen MR) is 81.5 cm³/mol. The molecule has 0 radical (unpaired) electrons. The van der Waals surface area contributed by atoms with Crippen molar-refractivity contribution in [2.24, 2.45) is 11.7 Å². The summed E-state index contributed by atoms with van der Waals surface area (Å²) in [6, 6.07) is 10.3. The highest BCUT2D eigenvalue weighted by atomic mass is 15.2. The molecule has 2 heteroatoms. The van der Waals surface area contributed by atoms with Crippen LogP contribution in [-0.4, -0.2) is 18.6 Å². The van der Waals surface area contributed by atoms with Crippen LogP contribution in [0.3, 0.4) is 0 Å². The highest BCUT2D eigenvalue weighted by Crippen LogP contribution is 2.39. The van der Waals surface area contributed by atoms with Crippen LogP contribution < -0.4 is 10.6 Å². The second-order valence-corrected chi connectivity index (χ2v) is 6.31. The van der Waals surface area contributed by atoms with Crippen LogP contribution >= 0.6 is 0 Å². The maximum absolute atomic E-state index is 5.95. The van der Waals surface area contributed by atoms with Gasteiger partial charge in [-0.3, -0.25) is 0 Å². The van der Waals surface area contributed by atoms with Crippen molar-refractivity contribution >= 4 is 5.69 Å². The zero-order valence-corrected chi connectivity index (χ0v) is 12.0. The van der Waals surface area contributed by atoms with E-state index in [0.717, 1.165) is 12.6 Å². The Kier molecular flexibility index (Phi) is 3.79. The molecule has 1 fully saturated rings. The van der Waals surface area contributed by atoms with Crippen molar-refractivity contribution in [3.05, 3.63) is 29.8 Å². The van der Waals surface area contributed by atoms with Gasteiger partial charge in [-0.25, -0.2) is 0 Å². The Morgan fingerprint density at radius 1 is 1.21 bits per heavy atom. The Labute approximate surface area is 117 Å². The highest BCUT2D eigenvalue weighted by molar-refractivity contribution is 5.60. The number of rotatable bonds is 3. The standard InChI is InChI=1S/C17H26N2/c1-13(12-18)17-11-14-7-5-6-10-16(14)19(17)15-8-3-2-4-9-15/h5-7,10,13,15,17H,2-4,8-9,11-12,18H2,1H3. The van der Waals surface area contributed by atoms with Crippen LogP contribution in [-0.2, 0) is 6.42 Å². The van der Waals surface area contributed by atoms with Crippen molar-refractivity contribution < 1.29 is 0 Å². The van der Waals surface area contributed by atoms with E-state index >= 15 is 0 Å². The number of hydrogen-bond acceptors (Lipinski definition) is 2. The minimum absolute atomic E-state index is 0.578. The number of para-hydroxylation sites is 1. The molecule has 0 spiro atoms. The molecular weight excluding hydrogens is 232 g/mol. The first-order valence-corrected chi connectivity index (χ1v) is 7.87. The van der Waals surface area contributed by atoms with Crippen LogP contribution in [0.1, 0.15) is 44.6 Å². The minimum Gasteiger partial charge on any atom is -0.365 e. The van der Waals surface area contributed by atoms with Gasteiger partial charge in [-0.2, -0.15) is 0 Å². The van der Waals surface area contributed by atoms with Crippen molar-refractivity contribution in [2.45, 2.75) is 57.5 Å². The van der Waals surface area contributed by atoms with E-state index in [1.807, 2.05) is 0 Å². The molecule has 1 aromatic carbocycles. The number of hydrogen-bond donors (Lipinski definition) is 1. The third-order valence-corrected chi connectivity index (χ3v) is 5.05. The molecule has 1 saturated carbocycles. The van der Waals surface area contributed by atoms with Crippen molar-refractivity contribution in [1.29, 1.82) is 0 Å². The van der Waals surface area contributed by atoms with Crippen LogP contribution in [0.4, 0.5) is 5.69 Å². The third kappa shape index (κ3) is 2.38. The Morgan fingerprint density at radius 3 is 2.68 bits per heavy atom. The predicted octanol–water partition coefficient (Wildman–Crippen LogP) is 3.35. The summed E-state index contributed by atoms with van der Waals surface area (Å²) >= 11 is 0. The topological polar surface area (TPSA) is 29.3 Å². The summed E-state index contributed by atoms with van der Waals surface area (Å²) in [7, 11) is 0. The lowest BCUT2D eigenvalue weighted by Gasteiger charge is -2.40. The molecule has 2 nitrogen and oxygen atoms in total. The number of anilines is 1. The zero-order chi connectivity index (χ0) is 13.2. The second-order valence-electron chi connectivity index (χ2n) is 6.31. The molecule has 0 bridgehead atoms. The fraction of sp³-hybridized carbons (Fsp3) is 0.647. The molecular formula is C17H26N2. The molecule has 19 heavy (non-hydrogen) atoms. The van der Waals surface area contributed by atoms with E-state index in [0.29, 0.717) is 12.0 Å². The van der Waals surface area contributed by atoms with Crippen LogP contribution in [0, 0.1) is 5.92 Å². The molecule has 1 aromatic rings. The summed E-state index contributed by atoms with van der Waals surface area (Å²) in [6.45, 7) is 3.11. The average Bonchev–Trinajstić information content (AvgIpc) is 2.86. The number of nitrogens with zero attached hydrogens (tertiary/aromatic N) is 1. The van der Waals surface area contributed by atoms with Gasteiger partial charge in [0.15, 0.2) is 0 Å². The fourth-order valence-electron chi connectivity index (χ4n) is 3.90. The third-order valence-electron chi connectivity index (χ3n) is 5.05. The quantitative estimate of drug-likeness (QED) is 0.901. The van der Waals surface area contributed by atoms with E-state index in [2.05, 4.69) is 36.1 Å². The first-order valence-electron chi connectivity index (χ1n) is 7.87. The molecule has 1 aliphatic carbocycles. The highest BCUT2D eigenvalue weighted by Gasteiger charge is 2.36. The summed E-state index contributed by atoms with van der Waals surface area (Å²) in [4.78, 5) is 2.73. The average molecular weight is 258 g/mol. The molecule has 2 atom stereocenters. The lowest BCUT2D eigenvalue weighted by Crippen LogP contribution is -2.46. The van der Waals surface area contributed by atoms with Crippen molar-refractivity contribution in [3.63, 3.8) is 0 Å². The molecule has 1 aliphatic heterocycles. The smallest absolute Gasteiger partial charge is 0.0404 e. The van der Waals surface area contributed by atoms with Crippen molar-refractivity contribution in [2.75, 3.05) is 11.4 Å². The first kappa shape index (κ1) is 13.0. The fourth-order valence-corrected chi connectivity index (χ4v) is 3.90. The van der Waals surface area contributed by atoms with Gasteiger partial charge in [-0.1, -0.05) is 44.4 Å². The Balaban J connectivity index is 1.90. The van der Waals surface area contributed by atoms with Crippen LogP contribution in [0.2, 0.25) is 0 Å². The summed E-state index contributed by atoms with van der Waals surface area (Å²) in [5.41, 5.74) is 8.96. The monoisotopic (exact) mass is 258 g/mol. The Bertz CT molecular complexity index is 423. The SMILES string of the molecule is CC(CN)C1Cc2ccccc2N1C1CCCCC1. The molecule has 104 valence electrons. The van der Waals surface area contributed by atoms with Crippen molar-refractivity contribution in [1.82, 2.24) is 0 Å². The lowest BCUT2D eigenvalue weighted by molar-refractivity contribution is 0.353. The summed E-state index contributed by atoms with van der Waals surface area (Å²) in [6.07, 6.45) is 8.12. The zero-order valence-electron chi connectivity index (χ0n) is 12.0. The number of benzene rings is 1. The van der Waals surface area contributed by atoms with Gasteiger partial charge in [0.2, 0.25) is 0 Å². The van der Waals surface area contributed by atoms with Gasteiger partial charge in [-0.05, 0) is 43.4 Å². The van der Waals surface area contributed by atoms with E-state index in [1.165, 1.54) is 49.8 Å². The van der Waals surface area contributed by atoms with Crippen molar-refractivity contribution in [3.8, 4) is 0 Å². The van der Waals surface area contributed by atoms with Gasteiger partial charge >= 0.3 is 0 Å². The summed E-state index contributed by atoms with van der Waals surface area (Å²) < 4.78 is 0. The summed E-state index contributed by atoms with van der Waals surface area (Å²) in [5, 5.41) is 0. The number of fused-ring (bicyclic) bond motifs is 1. The van der Waals surface area contributed by atoms with E-state index in [-0.39, 0.29) is 0 Å². The Hall–Kier alpha value is -1.02.